The van der Waals surface area contributed by atoms with Crippen molar-refractivity contribution in [3.05, 3.63) is 42.0 Å². The van der Waals surface area contributed by atoms with Crippen LogP contribution in [0.3, 0.4) is 0 Å². The van der Waals surface area contributed by atoms with Crippen LogP contribution in [-0.2, 0) is 0 Å². The lowest BCUT2D eigenvalue weighted by Crippen LogP contribution is -2.01. The molecule has 2 N–H and O–H groups in total. The molecule has 0 aliphatic heterocycles. The van der Waals surface area contributed by atoms with E-state index in [2.05, 4.69) is 10.4 Å². The van der Waals surface area contributed by atoms with Gasteiger partial charge in [-0.15, -0.1) is 0 Å². The van der Waals surface area contributed by atoms with Crippen molar-refractivity contribution >= 4 is 17.3 Å². The van der Waals surface area contributed by atoms with Gasteiger partial charge in [0, 0.05) is 17.9 Å². The SMILES string of the molecule is CC(C)n1cc(Nc2ccc(C(=O)O)c(F)c2)cn1. The highest BCUT2D eigenvalue weighted by atomic mass is 19.1. The van der Waals surface area contributed by atoms with Crippen molar-refractivity contribution in [2.45, 2.75) is 19.9 Å². The first-order valence-electron chi connectivity index (χ1n) is 5.81. The number of carboxylic acids is 1. The number of carbonyl (C=O) groups is 1. The third kappa shape index (κ3) is 2.90. The second-order valence-corrected chi connectivity index (χ2v) is 4.43. The van der Waals surface area contributed by atoms with Gasteiger partial charge in [0.15, 0.2) is 0 Å². The van der Waals surface area contributed by atoms with E-state index in [9.17, 15) is 9.18 Å². The van der Waals surface area contributed by atoms with Gasteiger partial charge in [0.1, 0.15) is 5.82 Å². The van der Waals surface area contributed by atoms with Crippen molar-refractivity contribution in [1.82, 2.24) is 9.78 Å². The molecule has 0 aliphatic carbocycles. The maximum absolute atomic E-state index is 13.5. The number of anilines is 2. The summed E-state index contributed by atoms with van der Waals surface area (Å²) in [6.07, 6.45) is 3.43. The molecule has 0 unspecified atom stereocenters. The van der Waals surface area contributed by atoms with Gasteiger partial charge in [-0.05, 0) is 32.0 Å². The number of hydrogen-bond donors (Lipinski definition) is 2. The molecule has 0 amide bonds. The van der Waals surface area contributed by atoms with Gasteiger partial charge in [-0.2, -0.15) is 5.10 Å². The minimum absolute atomic E-state index is 0.238. The molecule has 1 aromatic carbocycles. The quantitative estimate of drug-likeness (QED) is 0.889. The summed E-state index contributed by atoms with van der Waals surface area (Å²) in [5.41, 5.74) is 0.852. The van der Waals surface area contributed by atoms with Crippen LogP contribution in [0.2, 0.25) is 0 Å². The number of rotatable bonds is 4. The molecule has 0 spiro atoms. The van der Waals surface area contributed by atoms with Gasteiger partial charge in [0.2, 0.25) is 0 Å². The minimum atomic E-state index is -1.28. The standard InChI is InChI=1S/C13H14FN3O2/c1-8(2)17-7-10(6-15-17)16-9-3-4-11(13(18)19)12(14)5-9/h3-8,16H,1-2H3,(H,18,19). The van der Waals surface area contributed by atoms with Crippen molar-refractivity contribution in [2.24, 2.45) is 0 Å². The molecule has 0 saturated carbocycles. The van der Waals surface area contributed by atoms with E-state index in [1.165, 1.54) is 12.1 Å². The Morgan fingerprint density at radius 2 is 2.16 bits per heavy atom. The zero-order valence-electron chi connectivity index (χ0n) is 10.6. The molecule has 0 radical (unpaired) electrons. The van der Waals surface area contributed by atoms with Gasteiger partial charge in [-0.1, -0.05) is 0 Å². The van der Waals surface area contributed by atoms with Gasteiger partial charge in [0.05, 0.1) is 17.4 Å². The normalized spacial score (nSPS) is 10.7. The summed E-state index contributed by atoms with van der Waals surface area (Å²) < 4.78 is 15.3. The topological polar surface area (TPSA) is 67.2 Å². The first-order valence-corrected chi connectivity index (χ1v) is 5.81. The van der Waals surface area contributed by atoms with E-state index in [-0.39, 0.29) is 11.6 Å². The van der Waals surface area contributed by atoms with E-state index in [1.807, 2.05) is 13.8 Å². The number of halogens is 1. The molecule has 1 aromatic heterocycles. The minimum Gasteiger partial charge on any atom is -0.478 e. The third-order valence-electron chi connectivity index (χ3n) is 2.62. The van der Waals surface area contributed by atoms with Crippen molar-refractivity contribution in [3.63, 3.8) is 0 Å². The highest BCUT2D eigenvalue weighted by molar-refractivity contribution is 5.88. The van der Waals surface area contributed by atoms with E-state index >= 15 is 0 Å². The second kappa shape index (κ2) is 5.09. The van der Waals surface area contributed by atoms with Crippen molar-refractivity contribution < 1.29 is 14.3 Å². The lowest BCUT2D eigenvalue weighted by molar-refractivity contribution is 0.0692. The molecule has 19 heavy (non-hydrogen) atoms. The Kier molecular flexibility index (Phi) is 3.50. The molecule has 0 saturated heterocycles. The molecule has 0 fully saturated rings. The van der Waals surface area contributed by atoms with Gasteiger partial charge in [-0.3, -0.25) is 4.68 Å². The fraction of sp³-hybridized carbons (Fsp3) is 0.231. The third-order valence-corrected chi connectivity index (χ3v) is 2.62. The average Bonchev–Trinajstić information content (AvgIpc) is 2.77. The van der Waals surface area contributed by atoms with Crippen molar-refractivity contribution in [2.75, 3.05) is 5.32 Å². The number of aromatic nitrogens is 2. The monoisotopic (exact) mass is 263 g/mol. The number of benzene rings is 1. The highest BCUT2D eigenvalue weighted by Crippen LogP contribution is 2.20. The van der Waals surface area contributed by atoms with Crippen LogP contribution >= 0.6 is 0 Å². The lowest BCUT2D eigenvalue weighted by Gasteiger charge is -2.06. The highest BCUT2D eigenvalue weighted by Gasteiger charge is 2.10. The maximum atomic E-state index is 13.5. The Bertz CT molecular complexity index is 608. The van der Waals surface area contributed by atoms with E-state index in [1.54, 1.807) is 17.1 Å². The fourth-order valence-electron chi connectivity index (χ4n) is 1.62. The summed E-state index contributed by atoms with van der Waals surface area (Å²) in [6, 6.07) is 4.13. The molecule has 100 valence electrons. The summed E-state index contributed by atoms with van der Waals surface area (Å²) in [5, 5.41) is 15.9. The first-order chi connectivity index (χ1) is 8.97. The Labute approximate surface area is 109 Å². The largest absolute Gasteiger partial charge is 0.478 e. The predicted octanol–water partition coefficient (Wildman–Crippen LogP) is 3.04. The van der Waals surface area contributed by atoms with Crippen LogP contribution in [-0.4, -0.2) is 20.9 Å². The molecule has 5 nitrogen and oxygen atoms in total. The molecule has 2 aromatic rings. The molecule has 0 aliphatic rings. The predicted molar refractivity (Wildman–Crippen MR) is 69.3 cm³/mol. The van der Waals surface area contributed by atoms with E-state index in [0.29, 0.717) is 5.69 Å². The van der Waals surface area contributed by atoms with Gasteiger partial charge >= 0.3 is 5.97 Å². The van der Waals surface area contributed by atoms with Crippen molar-refractivity contribution in [1.29, 1.82) is 0 Å². The Morgan fingerprint density at radius 3 is 2.68 bits per heavy atom. The summed E-state index contributed by atoms with van der Waals surface area (Å²) in [4.78, 5) is 10.7. The number of nitrogens with one attached hydrogen (secondary N) is 1. The zero-order chi connectivity index (χ0) is 14.0. The summed E-state index contributed by atoms with van der Waals surface area (Å²) in [7, 11) is 0. The molecule has 0 atom stereocenters. The molecular weight excluding hydrogens is 249 g/mol. The maximum Gasteiger partial charge on any atom is 0.338 e. The number of carboxylic acid groups (broad SMARTS) is 1. The van der Waals surface area contributed by atoms with Gasteiger partial charge in [0.25, 0.3) is 0 Å². The van der Waals surface area contributed by atoms with Crippen LogP contribution in [0.15, 0.2) is 30.6 Å². The molecule has 1 heterocycles. The second-order valence-electron chi connectivity index (χ2n) is 4.43. The summed E-state index contributed by atoms with van der Waals surface area (Å²) in [6.45, 7) is 4.00. The van der Waals surface area contributed by atoms with E-state index in [0.717, 1.165) is 11.8 Å². The van der Waals surface area contributed by atoms with Crippen LogP contribution in [0.25, 0.3) is 0 Å². The van der Waals surface area contributed by atoms with Crippen LogP contribution < -0.4 is 5.32 Å². The lowest BCUT2D eigenvalue weighted by atomic mass is 10.2. The Hall–Kier alpha value is -2.37. The number of hydrogen-bond acceptors (Lipinski definition) is 3. The Morgan fingerprint density at radius 1 is 1.42 bits per heavy atom. The Balaban J connectivity index is 2.19. The molecule has 0 bridgehead atoms. The average molecular weight is 263 g/mol. The first kappa shape index (κ1) is 13.1. The van der Waals surface area contributed by atoms with Crippen LogP contribution in [0.4, 0.5) is 15.8 Å². The molecule has 6 heteroatoms. The number of aromatic carboxylic acids is 1. The van der Waals surface area contributed by atoms with E-state index in [4.69, 9.17) is 5.11 Å². The fourth-order valence-corrected chi connectivity index (χ4v) is 1.62. The summed E-state index contributed by atoms with van der Waals surface area (Å²) >= 11 is 0. The van der Waals surface area contributed by atoms with Gasteiger partial charge < -0.3 is 10.4 Å². The van der Waals surface area contributed by atoms with E-state index < -0.39 is 11.8 Å². The number of nitrogens with zero attached hydrogens (tertiary/aromatic N) is 2. The smallest absolute Gasteiger partial charge is 0.338 e. The van der Waals surface area contributed by atoms with Crippen LogP contribution in [0.5, 0.6) is 0 Å². The van der Waals surface area contributed by atoms with Crippen LogP contribution in [0, 0.1) is 5.82 Å². The summed E-state index contributed by atoms with van der Waals surface area (Å²) in [5.74, 6) is -2.05. The molecule has 2 rings (SSSR count). The van der Waals surface area contributed by atoms with Crippen LogP contribution in [0.1, 0.15) is 30.2 Å². The van der Waals surface area contributed by atoms with Crippen molar-refractivity contribution in [3.8, 4) is 0 Å². The van der Waals surface area contributed by atoms with Gasteiger partial charge in [-0.25, -0.2) is 9.18 Å². The molecular formula is C13H14FN3O2. The zero-order valence-corrected chi connectivity index (χ0v) is 10.6.